The molecule has 6 nitrogen and oxygen atoms in total. The fourth-order valence-electron chi connectivity index (χ4n) is 2.80. The van der Waals surface area contributed by atoms with E-state index in [2.05, 4.69) is 5.32 Å². The largest absolute Gasteiger partial charge is 0.465 e. The molecule has 0 aliphatic rings. The Morgan fingerprint density at radius 3 is 2.60 bits per heavy atom. The predicted molar refractivity (Wildman–Crippen MR) is 109 cm³/mol. The monoisotopic (exact) mass is 404 g/mol. The third-order valence-electron chi connectivity index (χ3n) is 4.31. The van der Waals surface area contributed by atoms with Crippen LogP contribution in [-0.2, 0) is 9.53 Å². The van der Waals surface area contributed by atoms with Gasteiger partial charge in [0.25, 0.3) is 5.91 Å². The zero-order valence-electron chi connectivity index (χ0n) is 16.2. The zero-order chi connectivity index (χ0) is 21.7. The number of para-hydroxylation sites is 1. The molecule has 0 bridgehead atoms. The number of furan rings is 1. The molecule has 0 aliphatic heterocycles. The summed E-state index contributed by atoms with van der Waals surface area (Å²) in [6.07, 6.45) is 1.28. The number of methoxy groups -OCH3 is 1. The number of carbonyl (C=O) groups is 2. The molecule has 0 radical (unpaired) electrons. The van der Waals surface area contributed by atoms with E-state index < -0.39 is 17.7 Å². The van der Waals surface area contributed by atoms with Crippen molar-refractivity contribution in [3.63, 3.8) is 0 Å². The van der Waals surface area contributed by atoms with Gasteiger partial charge in [0.2, 0.25) is 0 Å². The highest BCUT2D eigenvalue weighted by molar-refractivity contribution is 6.09. The van der Waals surface area contributed by atoms with Crippen LogP contribution in [0.15, 0.2) is 64.6 Å². The molecule has 0 unspecified atom stereocenters. The number of anilines is 1. The van der Waals surface area contributed by atoms with Crippen molar-refractivity contribution in [3.05, 3.63) is 82.9 Å². The molecule has 0 spiro atoms. The zero-order valence-corrected chi connectivity index (χ0v) is 16.2. The van der Waals surface area contributed by atoms with E-state index in [9.17, 15) is 19.2 Å². The first kappa shape index (κ1) is 20.6. The van der Waals surface area contributed by atoms with Crippen molar-refractivity contribution in [3.8, 4) is 17.4 Å². The molecule has 3 aromatic rings. The van der Waals surface area contributed by atoms with Gasteiger partial charge in [0.1, 0.15) is 29.0 Å². The Balaban J connectivity index is 1.83. The van der Waals surface area contributed by atoms with Gasteiger partial charge in [-0.15, -0.1) is 0 Å². The van der Waals surface area contributed by atoms with Crippen molar-refractivity contribution in [2.75, 3.05) is 12.4 Å². The Hall–Kier alpha value is -4.18. The molecule has 1 N–H and O–H groups in total. The first-order valence-corrected chi connectivity index (χ1v) is 8.89. The lowest BCUT2D eigenvalue weighted by molar-refractivity contribution is -0.112. The molecule has 30 heavy (non-hydrogen) atoms. The maximum Gasteiger partial charge on any atom is 0.337 e. The molecule has 0 fully saturated rings. The van der Waals surface area contributed by atoms with Crippen LogP contribution in [0.25, 0.3) is 17.4 Å². The number of aryl methyl sites for hydroxylation is 1. The van der Waals surface area contributed by atoms with Crippen molar-refractivity contribution in [1.29, 1.82) is 5.26 Å². The maximum absolute atomic E-state index is 13.7. The predicted octanol–water partition coefficient (Wildman–Crippen LogP) is 4.73. The summed E-state index contributed by atoms with van der Waals surface area (Å²) in [6.45, 7) is 1.82. The standard InChI is InChI=1S/C23H17FN2O4/c1-14-11-15(23(28)29-2)7-9-18(14)21-10-8-17(30-21)12-16(13-25)22(27)26-20-6-4-3-5-19(20)24/h3-12H,1-2H3,(H,26,27)/b16-12-. The molecule has 3 rings (SSSR count). The summed E-state index contributed by atoms with van der Waals surface area (Å²) in [5, 5.41) is 11.7. The Kier molecular flexibility index (Phi) is 6.08. The number of hydrogen-bond acceptors (Lipinski definition) is 5. The molecule has 0 saturated carbocycles. The van der Waals surface area contributed by atoms with Crippen LogP contribution in [0.4, 0.5) is 10.1 Å². The number of nitrogens with one attached hydrogen (secondary N) is 1. The lowest BCUT2D eigenvalue weighted by Gasteiger charge is -2.06. The highest BCUT2D eigenvalue weighted by Crippen LogP contribution is 2.27. The van der Waals surface area contributed by atoms with Crippen LogP contribution in [0.3, 0.4) is 0 Å². The third-order valence-corrected chi connectivity index (χ3v) is 4.31. The summed E-state index contributed by atoms with van der Waals surface area (Å²) in [6, 6.07) is 15.8. The van der Waals surface area contributed by atoms with E-state index in [1.165, 1.54) is 31.4 Å². The lowest BCUT2D eigenvalue weighted by atomic mass is 10.0. The fraction of sp³-hybridized carbons (Fsp3) is 0.0870. The minimum absolute atomic E-state index is 0.0231. The van der Waals surface area contributed by atoms with Crippen LogP contribution < -0.4 is 5.32 Å². The first-order valence-electron chi connectivity index (χ1n) is 8.89. The number of halogens is 1. The van der Waals surface area contributed by atoms with E-state index in [0.717, 1.165) is 11.1 Å². The van der Waals surface area contributed by atoms with Crippen molar-refractivity contribution >= 4 is 23.6 Å². The second-order valence-corrected chi connectivity index (χ2v) is 6.33. The number of hydrogen-bond donors (Lipinski definition) is 1. The molecule has 0 atom stereocenters. The SMILES string of the molecule is COC(=O)c1ccc(-c2ccc(/C=C(/C#N)C(=O)Nc3ccccc3F)o2)c(C)c1. The molecule has 2 aromatic carbocycles. The van der Waals surface area contributed by atoms with E-state index in [-0.39, 0.29) is 17.0 Å². The lowest BCUT2D eigenvalue weighted by Crippen LogP contribution is -2.14. The molecule has 0 saturated heterocycles. The Labute approximate surface area is 172 Å². The summed E-state index contributed by atoms with van der Waals surface area (Å²) in [5.41, 5.74) is 1.70. The van der Waals surface area contributed by atoms with Gasteiger partial charge >= 0.3 is 5.97 Å². The third kappa shape index (κ3) is 4.45. The van der Waals surface area contributed by atoms with Crippen molar-refractivity contribution in [2.24, 2.45) is 0 Å². The maximum atomic E-state index is 13.7. The summed E-state index contributed by atoms with van der Waals surface area (Å²) in [7, 11) is 1.31. The van der Waals surface area contributed by atoms with E-state index in [1.54, 1.807) is 42.5 Å². The van der Waals surface area contributed by atoms with Gasteiger partial charge in [-0.3, -0.25) is 4.79 Å². The van der Waals surface area contributed by atoms with Crippen LogP contribution in [0.1, 0.15) is 21.7 Å². The van der Waals surface area contributed by atoms with Gasteiger partial charge in [-0.05, 0) is 48.9 Å². The van der Waals surface area contributed by atoms with Crippen LogP contribution in [0.5, 0.6) is 0 Å². The van der Waals surface area contributed by atoms with Gasteiger partial charge < -0.3 is 14.5 Å². The molecular weight excluding hydrogens is 387 g/mol. The second-order valence-electron chi connectivity index (χ2n) is 6.33. The molecular formula is C23H17FN2O4. The highest BCUT2D eigenvalue weighted by Gasteiger charge is 2.14. The van der Waals surface area contributed by atoms with E-state index in [1.807, 2.05) is 6.92 Å². The number of amides is 1. The summed E-state index contributed by atoms with van der Waals surface area (Å²) in [4.78, 5) is 23.9. The van der Waals surface area contributed by atoms with Crippen LogP contribution in [-0.4, -0.2) is 19.0 Å². The summed E-state index contributed by atoms with van der Waals surface area (Å²) in [5.74, 6) is -1.01. The number of rotatable bonds is 5. The number of nitrogens with zero attached hydrogens (tertiary/aromatic N) is 1. The molecule has 150 valence electrons. The Morgan fingerprint density at radius 2 is 1.93 bits per heavy atom. The van der Waals surface area contributed by atoms with Gasteiger partial charge in [0, 0.05) is 11.6 Å². The van der Waals surface area contributed by atoms with Crippen molar-refractivity contribution < 1.29 is 23.1 Å². The van der Waals surface area contributed by atoms with E-state index >= 15 is 0 Å². The molecule has 7 heteroatoms. The highest BCUT2D eigenvalue weighted by atomic mass is 19.1. The average Bonchev–Trinajstić information content (AvgIpc) is 3.21. The minimum Gasteiger partial charge on any atom is -0.465 e. The van der Waals surface area contributed by atoms with Gasteiger partial charge in [-0.1, -0.05) is 18.2 Å². The molecule has 1 amide bonds. The quantitative estimate of drug-likeness (QED) is 0.377. The minimum atomic E-state index is -0.751. The molecule has 1 heterocycles. The molecule has 1 aromatic heterocycles. The number of carbonyl (C=O) groups excluding carboxylic acids is 2. The van der Waals surface area contributed by atoms with Gasteiger partial charge in [-0.2, -0.15) is 5.26 Å². The second kappa shape index (κ2) is 8.88. The Bertz CT molecular complexity index is 1190. The molecule has 0 aliphatic carbocycles. The van der Waals surface area contributed by atoms with Crippen molar-refractivity contribution in [2.45, 2.75) is 6.92 Å². The number of ether oxygens (including phenoxy) is 1. The van der Waals surface area contributed by atoms with Crippen LogP contribution >= 0.6 is 0 Å². The van der Waals surface area contributed by atoms with E-state index in [4.69, 9.17) is 9.15 Å². The number of benzene rings is 2. The van der Waals surface area contributed by atoms with E-state index in [0.29, 0.717) is 11.3 Å². The average molecular weight is 404 g/mol. The summed E-state index contributed by atoms with van der Waals surface area (Å²) < 4.78 is 24.2. The van der Waals surface area contributed by atoms with Gasteiger partial charge in [-0.25, -0.2) is 9.18 Å². The normalized spacial score (nSPS) is 10.9. The first-order chi connectivity index (χ1) is 14.4. The number of nitriles is 1. The van der Waals surface area contributed by atoms with Crippen LogP contribution in [0.2, 0.25) is 0 Å². The van der Waals surface area contributed by atoms with Crippen molar-refractivity contribution in [1.82, 2.24) is 0 Å². The topological polar surface area (TPSA) is 92.3 Å². The van der Waals surface area contributed by atoms with Gasteiger partial charge in [0.15, 0.2) is 0 Å². The fourth-order valence-corrected chi connectivity index (χ4v) is 2.80. The Morgan fingerprint density at radius 1 is 1.17 bits per heavy atom. The summed E-state index contributed by atoms with van der Waals surface area (Å²) >= 11 is 0. The van der Waals surface area contributed by atoms with Crippen LogP contribution in [0, 0.1) is 24.1 Å². The number of esters is 1. The smallest absolute Gasteiger partial charge is 0.337 e. The van der Waals surface area contributed by atoms with Gasteiger partial charge in [0.05, 0.1) is 18.4 Å².